The summed E-state index contributed by atoms with van der Waals surface area (Å²) in [6, 6.07) is 20.8. The van der Waals surface area contributed by atoms with Gasteiger partial charge in [0.05, 0.1) is 0 Å². The zero-order valence-corrected chi connectivity index (χ0v) is 14.5. The van der Waals surface area contributed by atoms with Crippen LogP contribution in [0.25, 0.3) is 0 Å². The van der Waals surface area contributed by atoms with Crippen LogP contribution in [0.5, 0.6) is 0 Å². The Balaban J connectivity index is 0.00000180. The van der Waals surface area contributed by atoms with Crippen molar-refractivity contribution in [3.8, 4) is 0 Å². The fraction of sp³-hybridized carbons (Fsp3) is 0.133. The average Bonchev–Trinajstić information content (AvgIpc) is 2.41. The van der Waals surface area contributed by atoms with Crippen molar-refractivity contribution < 1.29 is 29.6 Å². The Morgan fingerprint density at radius 2 is 1.37 bits per heavy atom. The van der Waals surface area contributed by atoms with Crippen molar-refractivity contribution in [1.29, 1.82) is 0 Å². The summed E-state index contributed by atoms with van der Waals surface area (Å²) in [4.78, 5) is 0. The van der Waals surface area contributed by atoms with E-state index in [1.807, 2.05) is 12.1 Å². The van der Waals surface area contributed by atoms with Crippen LogP contribution in [0.2, 0.25) is 0 Å². The monoisotopic (exact) mass is 295 g/mol. The molecule has 2 rings (SSSR count). The summed E-state index contributed by atoms with van der Waals surface area (Å²) in [6.07, 6.45) is 0. The Morgan fingerprint density at radius 3 is 1.74 bits per heavy atom. The number of hydrogen-bond acceptors (Lipinski definition) is 2. The molecule has 2 aromatic rings. The van der Waals surface area contributed by atoms with Crippen molar-refractivity contribution in [2.24, 2.45) is 0 Å². The molecule has 1 nitrogen and oxygen atoms in total. The van der Waals surface area contributed by atoms with Crippen molar-refractivity contribution in [3.63, 3.8) is 0 Å². The zero-order chi connectivity index (χ0) is 12.8. The maximum Gasteiger partial charge on any atom is 1.00 e. The van der Waals surface area contributed by atoms with Crippen LogP contribution in [-0.4, -0.2) is 10.9 Å². The average molecular weight is 295 g/mol. The van der Waals surface area contributed by atoms with Crippen LogP contribution >= 0.6 is 12.2 Å². The van der Waals surface area contributed by atoms with Gasteiger partial charge < -0.3 is 30.2 Å². The predicted octanol–water partition coefficient (Wildman–Crippen LogP) is 0.244. The van der Waals surface area contributed by atoms with Crippen LogP contribution in [0, 0.1) is 0 Å². The van der Waals surface area contributed by atoms with Gasteiger partial charge in [0, 0.05) is 12.5 Å². The van der Waals surface area contributed by atoms with E-state index >= 15 is 0 Å². The number of rotatable bonds is 4. The largest absolute Gasteiger partial charge is 1.00 e. The predicted molar refractivity (Wildman–Crippen MR) is 82.7 cm³/mol. The van der Waals surface area contributed by atoms with Gasteiger partial charge in [-0.2, -0.15) is 0 Å². The third-order valence-electron chi connectivity index (χ3n) is 2.85. The van der Waals surface area contributed by atoms with Crippen LogP contribution in [0.1, 0.15) is 17.0 Å². The fourth-order valence-electron chi connectivity index (χ4n) is 1.98. The first kappa shape index (κ1) is 16.6. The van der Waals surface area contributed by atoms with Crippen molar-refractivity contribution in [2.45, 2.75) is 5.92 Å². The smallest absolute Gasteiger partial charge is 0.412 e. The zero-order valence-electron chi connectivity index (χ0n) is 10.9. The molecule has 0 heterocycles. The molecule has 0 unspecified atom stereocenters. The quantitative estimate of drug-likeness (QED) is 0.493. The van der Waals surface area contributed by atoms with E-state index in [1.165, 1.54) is 11.1 Å². The normalized spacial score (nSPS) is 9.74. The first-order valence-electron chi connectivity index (χ1n) is 5.82. The molecule has 0 bridgehead atoms. The summed E-state index contributed by atoms with van der Waals surface area (Å²) in [7, 11) is 0. The maximum absolute atomic E-state index is 4.92. The minimum absolute atomic E-state index is 0. The summed E-state index contributed by atoms with van der Waals surface area (Å²) in [5.74, 6) is 0.272. The summed E-state index contributed by atoms with van der Waals surface area (Å²) in [5.41, 5.74) is 2.53. The molecule has 0 saturated carbocycles. The minimum Gasteiger partial charge on any atom is -0.412 e. The first-order chi connectivity index (χ1) is 8.77. The minimum atomic E-state index is 0. The molecule has 2 aromatic carbocycles. The second kappa shape index (κ2) is 8.67. The van der Waals surface area contributed by atoms with E-state index in [1.54, 1.807) is 0 Å². The molecule has 92 valence electrons. The molecule has 1 N–H and O–H groups in total. The Bertz CT molecular complexity index is 463. The standard InChI is InChI=1S/C15H15NS2.Na/c17-15(18)16-11-14(12-7-3-1-4-8-12)13-9-5-2-6-10-13;/h1-10,14H,11H2,(H2,16,17,18);/q;+1/p-1. The molecule has 0 radical (unpaired) electrons. The van der Waals surface area contributed by atoms with Gasteiger partial charge in [-0.3, -0.25) is 0 Å². The van der Waals surface area contributed by atoms with Crippen LogP contribution < -0.4 is 34.9 Å². The topological polar surface area (TPSA) is 12.0 Å². The molecule has 19 heavy (non-hydrogen) atoms. The van der Waals surface area contributed by atoms with Gasteiger partial charge in [0.2, 0.25) is 0 Å². The Kier molecular flexibility index (Phi) is 7.57. The van der Waals surface area contributed by atoms with Crippen molar-refractivity contribution >= 4 is 29.2 Å². The van der Waals surface area contributed by atoms with Crippen LogP contribution in [-0.2, 0) is 12.6 Å². The van der Waals surface area contributed by atoms with Gasteiger partial charge in [0.25, 0.3) is 0 Å². The number of benzene rings is 2. The number of nitrogens with one attached hydrogen (secondary N) is 1. The van der Waals surface area contributed by atoms with E-state index < -0.39 is 0 Å². The molecule has 0 aliphatic carbocycles. The summed E-state index contributed by atoms with van der Waals surface area (Å²) >= 11 is 9.84. The van der Waals surface area contributed by atoms with Gasteiger partial charge in [-0.1, -0.05) is 65.0 Å². The molecule has 0 amide bonds. The Labute approximate surface area is 147 Å². The molecule has 0 saturated heterocycles. The van der Waals surface area contributed by atoms with E-state index in [4.69, 9.17) is 24.8 Å². The molecule has 0 atom stereocenters. The molecule has 4 heteroatoms. The van der Waals surface area contributed by atoms with E-state index in [9.17, 15) is 0 Å². The van der Waals surface area contributed by atoms with Crippen molar-refractivity contribution in [1.82, 2.24) is 5.32 Å². The summed E-state index contributed by atoms with van der Waals surface area (Å²) < 4.78 is 0.423. The van der Waals surface area contributed by atoms with E-state index in [0.29, 0.717) is 4.32 Å². The van der Waals surface area contributed by atoms with E-state index in [2.05, 4.69) is 53.8 Å². The van der Waals surface area contributed by atoms with Gasteiger partial charge >= 0.3 is 29.6 Å². The number of hydrogen-bond donors (Lipinski definition) is 1. The van der Waals surface area contributed by atoms with Gasteiger partial charge in [-0.15, -0.1) is 0 Å². The van der Waals surface area contributed by atoms with E-state index in [0.717, 1.165) is 6.54 Å². The van der Waals surface area contributed by atoms with Crippen LogP contribution in [0.3, 0.4) is 0 Å². The third-order valence-corrected chi connectivity index (χ3v) is 3.14. The van der Waals surface area contributed by atoms with Crippen LogP contribution in [0.15, 0.2) is 60.7 Å². The SMILES string of the molecule is S=C([S-])NCC(c1ccccc1)c1ccccc1.[Na+]. The van der Waals surface area contributed by atoms with Crippen molar-refractivity contribution in [2.75, 3.05) is 6.54 Å². The van der Waals surface area contributed by atoms with Gasteiger partial charge in [-0.05, 0) is 11.1 Å². The summed E-state index contributed by atoms with van der Waals surface area (Å²) in [6.45, 7) is 0.732. The molecule has 0 spiro atoms. The third kappa shape index (κ3) is 5.21. The second-order valence-electron chi connectivity index (χ2n) is 4.04. The molecular weight excluding hydrogens is 281 g/mol. The second-order valence-corrected chi connectivity index (χ2v) is 5.12. The fourth-order valence-corrected chi connectivity index (χ4v) is 2.15. The molecule has 0 aromatic heterocycles. The maximum atomic E-state index is 4.92. The molecular formula is C15H14NNaS2. The molecule has 0 fully saturated rings. The molecule has 0 aliphatic rings. The number of thiocarbonyl (C=S) groups is 1. The van der Waals surface area contributed by atoms with Gasteiger partial charge in [0.1, 0.15) is 0 Å². The van der Waals surface area contributed by atoms with Gasteiger partial charge in [-0.25, -0.2) is 0 Å². The Hall–Kier alpha value is -0.450. The summed E-state index contributed by atoms with van der Waals surface area (Å²) in [5, 5.41) is 3.09. The van der Waals surface area contributed by atoms with E-state index in [-0.39, 0.29) is 35.5 Å². The van der Waals surface area contributed by atoms with Crippen molar-refractivity contribution in [3.05, 3.63) is 71.8 Å². The Morgan fingerprint density at radius 1 is 0.947 bits per heavy atom. The van der Waals surface area contributed by atoms with Crippen LogP contribution in [0.4, 0.5) is 0 Å². The molecule has 0 aliphatic heterocycles. The van der Waals surface area contributed by atoms with Gasteiger partial charge in [0.15, 0.2) is 0 Å². The first-order valence-corrected chi connectivity index (χ1v) is 6.64.